The first-order valence-electron chi connectivity index (χ1n) is 4.45. The zero-order valence-corrected chi connectivity index (χ0v) is 8.97. The van der Waals surface area contributed by atoms with Crippen molar-refractivity contribution in [2.75, 3.05) is 6.26 Å². The highest BCUT2D eigenvalue weighted by atomic mass is 32.2. The molecule has 0 bridgehead atoms. The smallest absolute Gasteiger partial charge is 0.322 e. The van der Waals surface area contributed by atoms with E-state index in [1.807, 2.05) is 19.2 Å². The van der Waals surface area contributed by atoms with E-state index in [1.165, 1.54) is 11.8 Å². The molecular weight excluding hydrogens is 200 g/mol. The molecule has 4 heteroatoms. The molecule has 1 saturated heterocycles. The quantitative estimate of drug-likeness (QED) is 0.706. The third kappa shape index (κ3) is 1.43. The van der Waals surface area contributed by atoms with Crippen molar-refractivity contribution < 1.29 is 13.9 Å². The highest BCUT2D eigenvalue weighted by molar-refractivity contribution is 8.00. The lowest BCUT2D eigenvalue weighted by Crippen LogP contribution is -2.25. The maximum Gasteiger partial charge on any atom is 0.322 e. The average Bonchev–Trinajstić information content (AvgIpc) is 2.76. The predicted molar refractivity (Wildman–Crippen MR) is 54.1 cm³/mol. The number of thioether (sulfide) groups is 1. The van der Waals surface area contributed by atoms with Crippen LogP contribution in [0.1, 0.15) is 25.2 Å². The van der Waals surface area contributed by atoms with Crippen molar-refractivity contribution in [1.29, 1.82) is 0 Å². The van der Waals surface area contributed by atoms with Crippen LogP contribution in [0.15, 0.2) is 22.8 Å². The summed E-state index contributed by atoms with van der Waals surface area (Å²) >= 11 is 1.53. The Bertz CT molecular complexity index is 333. The summed E-state index contributed by atoms with van der Waals surface area (Å²) < 4.78 is 10.1. The second-order valence-electron chi connectivity index (χ2n) is 3.55. The molecule has 76 valence electrons. The third-order valence-corrected chi connectivity index (χ3v) is 3.80. The molecule has 0 amide bonds. The van der Waals surface area contributed by atoms with Gasteiger partial charge in [0.15, 0.2) is 6.10 Å². The SMILES string of the molecule is CSC1(C)CC(c2ccco2)OC1=O. The summed E-state index contributed by atoms with van der Waals surface area (Å²) in [6.45, 7) is 1.91. The molecule has 0 spiro atoms. The van der Waals surface area contributed by atoms with Crippen LogP contribution < -0.4 is 0 Å². The van der Waals surface area contributed by atoms with E-state index in [1.54, 1.807) is 12.3 Å². The van der Waals surface area contributed by atoms with E-state index in [0.29, 0.717) is 6.42 Å². The first-order chi connectivity index (χ1) is 6.65. The highest BCUT2D eigenvalue weighted by Crippen LogP contribution is 2.42. The van der Waals surface area contributed by atoms with E-state index in [-0.39, 0.29) is 12.1 Å². The zero-order chi connectivity index (χ0) is 10.2. The summed E-state index contributed by atoms with van der Waals surface area (Å²) in [5.41, 5.74) is 0. The summed E-state index contributed by atoms with van der Waals surface area (Å²) in [6, 6.07) is 3.64. The maximum absolute atomic E-state index is 11.5. The lowest BCUT2D eigenvalue weighted by atomic mass is 10.1. The fourth-order valence-electron chi connectivity index (χ4n) is 1.53. The van der Waals surface area contributed by atoms with Crippen molar-refractivity contribution in [3.05, 3.63) is 24.2 Å². The minimum absolute atomic E-state index is 0.147. The molecule has 3 nitrogen and oxygen atoms in total. The van der Waals surface area contributed by atoms with Gasteiger partial charge in [0.05, 0.1) is 6.26 Å². The molecule has 2 unspecified atom stereocenters. The Kier molecular flexibility index (Phi) is 2.31. The van der Waals surface area contributed by atoms with E-state index < -0.39 is 4.75 Å². The predicted octanol–water partition coefficient (Wildman–Crippen LogP) is 2.39. The number of carbonyl (C=O) groups excluding carboxylic acids is 1. The minimum Gasteiger partial charge on any atom is -0.465 e. The van der Waals surface area contributed by atoms with E-state index in [9.17, 15) is 4.79 Å². The lowest BCUT2D eigenvalue weighted by molar-refractivity contribution is -0.143. The number of furan rings is 1. The minimum atomic E-state index is -0.419. The number of carbonyl (C=O) groups is 1. The first kappa shape index (κ1) is 9.65. The van der Waals surface area contributed by atoms with Gasteiger partial charge in [-0.25, -0.2) is 0 Å². The maximum atomic E-state index is 11.5. The third-order valence-electron chi connectivity index (χ3n) is 2.57. The lowest BCUT2D eigenvalue weighted by Gasteiger charge is -2.14. The fraction of sp³-hybridized carbons (Fsp3) is 0.500. The van der Waals surface area contributed by atoms with E-state index >= 15 is 0 Å². The van der Waals surface area contributed by atoms with Crippen LogP contribution in [0.2, 0.25) is 0 Å². The molecule has 2 heterocycles. The highest BCUT2D eigenvalue weighted by Gasteiger charge is 2.46. The Morgan fingerprint density at radius 2 is 2.43 bits per heavy atom. The van der Waals surface area contributed by atoms with Gasteiger partial charge in [-0.2, -0.15) is 0 Å². The molecule has 2 atom stereocenters. The van der Waals surface area contributed by atoms with Gasteiger partial charge in [0.1, 0.15) is 10.5 Å². The standard InChI is InChI=1S/C10H12O3S/c1-10(14-2)6-8(13-9(10)11)7-4-3-5-12-7/h3-5,8H,6H2,1-2H3. The summed E-state index contributed by atoms with van der Waals surface area (Å²) in [5.74, 6) is 0.586. The van der Waals surface area contributed by atoms with E-state index in [4.69, 9.17) is 9.15 Å². The summed E-state index contributed by atoms with van der Waals surface area (Å²) in [6.07, 6.45) is 3.99. The second kappa shape index (κ2) is 3.35. The van der Waals surface area contributed by atoms with Crippen molar-refractivity contribution >= 4 is 17.7 Å². The molecule has 1 aliphatic rings. The van der Waals surface area contributed by atoms with Crippen molar-refractivity contribution in [2.45, 2.75) is 24.2 Å². The normalized spacial score (nSPS) is 31.9. The van der Waals surface area contributed by atoms with Gasteiger partial charge in [-0.1, -0.05) is 0 Å². The molecule has 0 radical (unpaired) electrons. The van der Waals surface area contributed by atoms with Crippen molar-refractivity contribution in [1.82, 2.24) is 0 Å². The number of esters is 1. The number of rotatable bonds is 2. The average molecular weight is 212 g/mol. The number of hydrogen-bond acceptors (Lipinski definition) is 4. The van der Waals surface area contributed by atoms with Gasteiger partial charge in [0.2, 0.25) is 0 Å². The fourth-order valence-corrected chi connectivity index (χ4v) is 2.07. The van der Waals surface area contributed by atoms with Gasteiger partial charge in [-0.05, 0) is 25.3 Å². The van der Waals surface area contributed by atoms with Crippen LogP contribution in [0.3, 0.4) is 0 Å². The summed E-state index contributed by atoms with van der Waals surface area (Å²) in [5, 5.41) is 0. The molecule has 1 aliphatic heterocycles. The van der Waals surface area contributed by atoms with Gasteiger partial charge in [-0.3, -0.25) is 4.79 Å². The molecule has 1 aromatic heterocycles. The van der Waals surface area contributed by atoms with Gasteiger partial charge >= 0.3 is 5.97 Å². The van der Waals surface area contributed by atoms with Crippen LogP contribution in [0, 0.1) is 0 Å². The van der Waals surface area contributed by atoms with Gasteiger partial charge in [0.25, 0.3) is 0 Å². The molecule has 0 aromatic carbocycles. The van der Waals surface area contributed by atoms with Crippen LogP contribution in [0.5, 0.6) is 0 Å². The van der Waals surface area contributed by atoms with E-state index in [2.05, 4.69) is 0 Å². The van der Waals surface area contributed by atoms with Gasteiger partial charge in [0, 0.05) is 6.42 Å². The Labute approximate surface area is 86.8 Å². The summed E-state index contributed by atoms with van der Waals surface area (Å²) in [4.78, 5) is 11.5. The monoisotopic (exact) mass is 212 g/mol. The molecule has 0 saturated carbocycles. The number of ether oxygens (including phenoxy) is 1. The molecular formula is C10H12O3S. The largest absolute Gasteiger partial charge is 0.465 e. The molecule has 1 fully saturated rings. The Morgan fingerprint density at radius 3 is 2.93 bits per heavy atom. The topological polar surface area (TPSA) is 39.4 Å². The second-order valence-corrected chi connectivity index (χ2v) is 4.86. The Morgan fingerprint density at radius 1 is 1.64 bits per heavy atom. The Hall–Kier alpha value is -0.900. The van der Waals surface area contributed by atoms with Crippen LogP contribution in [-0.2, 0) is 9.53 Å². The van der Waals surface area contributed by atoms with Gasteiger partial charge < -0.3 is 9.15 Å². The van der Waals surface area contributed by atoms with Crippen LogP contribution in [-0.4, -0.2) is 17.0 Å². The van der Waals surface area contributed by atoms with Gasteiger partial charge in [-0.15, -0.1) is 11.8 Å². The van der Waals surface area contributed by atoms with E-state index in [0.717, 1.165) is 5.76 Å². The Balaban J connectivity index is 2.18. The zero-order valence-electron chi connectivity index (χ0n) is 8.15. The molecule has 1 aromatic rings. The summed E-state index contributed by atoms with van der Waals surface area (Å²) in [7, 11) is 0. The number of hydrogen-bond donors (Lipinski definition) is 0. The molecule has 2 rings (SSSR count). The van der Waals surface area contributed by atoms with Crippen molar-refractivity contribution in [3.8, 4) is 0 Å². The molecule has 0 N–H and O–H groups in total. The number of cyclic esters (lactones) is 1. The van der Waals surface area contributed by atoms with Crippen LogP contribution in [0.4, 0.5) is 0 Å². The van der Waals surface area contributed by atoms with Crippen molar-refractivity contribution in [3.63, 3.8) is 0 Å². The molecule has 14 heavy (non-hydrogen) atoms. The van der Waals surface area contributed by atoms with Crippen LogP contribution in [0.25, 0.3) is 0 Å². The first-order valence-corrected chi connectivity index (χ1v) is 5.68. The van der Waals surface area contributed by atoms with Crippen molar-refractivity contribution in [2.24, 2.45) is 0 Å². The van der Waals surface area contributed by atoms with Crippen LogP contribution >= 0.6 is 11.8 Å². The molecule has 0 aliphatic carbocycles.